The van der Waals surface area contributed by atoms with Crippen molar-refractivity contribution in [1.82, 2.24) is 0 Å². The number of nitro benzene ring substituents is 1. The topological polar surface area (TPSA) is 69.4 Å². The smallest absolute Gasteiger partial charge is 0.269 e. The maximum absolute atomic E-state index is 11.8. The van der Waals surface area contributed by atoms with Gasteiger partial charge in [-0.05, 0) is 39.5 Å². The highest BCUT2D eigenvalue weighted by Gasteiger charge is 2.12. The lowest BCUT2D eigenvalue weighted by Gasteiger charge is -2.04. The van der Waals surface area contributed by atoms with Gasteiger partial charge in [0, 0.05) is 16.6 Å². The van der Waals surface area contributed by atoms with E-state index >= 15 is 0 Å². The average Bonchev–Trinajstić information content (AvgIpc) is 2.83. The highest BCUT2D eigenvalue weighted by atomic mass is 79.9. The molecule has 98 valence electrons. The molecule has 0 fully saturated rings. The van der Waals surface area contributed by atoms with E-state index in [2.05, 4.69) is 15.9 Å². The molecular weight excluding hydrogens is 334 g/mol. The maximum Gasteiger partial charge on any atom is 0.269 e. The van der Waals surface area contributed by atoms with Crippen LogP contribution in [0.2, 0.25) is 0 Å². The van der Waals surface area contributed by atoms with Crippen LogP contribution in [-0.4, -0.2) is 17.3 Å². The lowest BCUT2D eigenvalue weighted by molar-refractivity contribution is -0.384. The summed E-state index contributed by atoms with van der Waals surface area (Å²) < 4.78 is 6.04. The number of nitrogens with zero attached hydrogens (tertiary/aromatic N) is 1. The molecule has 7 heteroatoms. The van der Waals surface area contributed by atoms with Crippen LogP contribution in [0.25, 0.3) is 0 Å². The van der Waals surface area contributed by atoms with E-state index in [1.807, 2.05) is 5.38 Å². The Labute approximate surface area is 121 Å². The predicted molar refractivity (Wildman–Crippen MR) is 74.9 cm³/mol. The maximum atomic E-state index is 11.8. The molecule has 0 spiro atoms. The third kappa shape index (κ3) is 3.39. The summed E-state index contributed by atoms with van der Waals surface area (Å²) in [6.45, 7) is -0.100. The van der Waals surface area contributed by atoms with Gasteiger partial charge in [-0.2, -0.15) is 0 Å². The summed E-state index contributed by atoms with van der Waals surface area (Å²) in [6.07, 6.45) is 0. The van der Waals surface area contributed by atoms with Crippen molar-refractivity contribution in [3.63, 3.8) is 0 Å². The Bertz CT molecular complexity index is 608. The van der Waals surface area contributed by atoms with Crippen LogP contribution < -0.4 is 4.74 Å². The number of ketones is 1. The van der Waals surface area contributed by atoms with Gasteiger partial charge in [0.05, 0.1) is 9.80 Å². The van der Waals surface area contributed by atoms with Gasteiger partial charge in [-0.1, -0.05) is 0 Å². The summed E-state index contributed by atoms with van der Waals surface area (Å²) >= 11 is 4.61. The lowest BCUT2D eigenvalue weighted by Crippen LogP contribution is -2.10. The third-order valence-corrected chi connectivity index (χ3v) is 4.17. The van der Waals surface area contributed by atoms with Gasteiger partial charge in [0.25, 0.3) is 5.69 Å². The summed E-state index contributed by atoms with van der Waals surface area (Å²) in [7, 11) is 0. The first-order chi connectivity index (χ1) is 9.08. The van der Waals surface area contributed by atoms with E-state index in [4.69, 9.17) is 4.74 Å². The Hall–Kier alpha value is -1.73. The predicted octanol–water partition coefficient (Wildman–Crippen LogP) is 3.68. The van der Waals surface area contributed by atoms with E-state index < -0.39 is 4.92 Å². The molecule has 0 radical (unpaired) electrons. The first-order valence-electron chi connectivity index (χ1n) is 5.21. The van der Waals surface area contributed by atoms with E-state index in [1.165, 1.54) is 35.6 Å². The Kier molecular flexibility index (Phi) is 4.28. The number of ether oxygens (including phenoxy) is 1. The molecule has 1 heterocycles. The number of thiophene rings is 1. The van der Waals surface area contributed by atoms with E-state index in [0.29, 0.717) is 10.6 Å². The molecule has 0 unspecified atom stereocenters. The minimum absolute atomic E-state index is 0.0142. The monoisotopic (exact) mass is 341 g/mol. The highest BCUT2D eigenvalue weighted by Crippen LogP contribution is 2.23. The normalized spacial score (nSPS) is 10.2. The number of carbonyl (C=O) groups excluding carboxylic acids is 1. The number of nitro groups is 1. The van der Waals surface area contributed by atoms with Crippen LogP contribution in [0.4, 0.5) is 5.69 Å². The molecule has 2 aromatic rings. The van der Waals surface area contributed by atoms with E-state index in [9.17, 15) is 14.9 Å². The zero-order valence-corrected chi connectivity index (χ0v) is 11.9. The number of hydrogen-bond donors (Lipinski definition) is 0. The fourth-order valence-corrected chi connectivity index (χ4v) is 2.89. The SMILES string of the molecule is O=C(COc1ccc([N+](=O)[O-])cc1)c1sccc1Br. The molecule has 0 aliphatic carbocycles. The zero-order valence-electron chi connectivity index (χ0n) is 9.54. The van der Waals surface area contributed by atoms with Crippen molar-refractivity contribution >= 4 is 38.7 Å². The van der Waals surface area contributed by atoms with Crippen molar-refractivity contribution in [3.05, 3.63) is 55.2 Å². The molecule has 0 N–H and O–H groups in total. The van der Waals surface area contributed by atoms with Crippen molar-refractivity contribution in [1.29, 1.82) is 0 Å². The molecule has 0 atom stereocenters. The van der Waals surface area contributed by atoms with Crippen molar-refractivity contribution in [2.24, 2.45) is 0 Å². The Balaban J connectivity index is 1.97. The minimum Gasteiger partial charge on any atom is -0.485 e. The first kappa shape index (κ1) is 13.7. The highest BCUT2D eigenvalue weighted by molar-refractivity contribution is 9.10. The molecule has 5 nitrogen and oxygen atoms in total. The average molecular weight is 342 g/mol. The van der Waals surface area contributed by atoms with Crippen molar-refractivity contribution in [3.8, 4) is 5.75 Å². The second-order valence-electron chi connectivity index (χ2n) is 3.56. The summed E-state index contributed by atoms with van der Waals surface area (Å²) in [5.74, 6) is 0.284. The molecule has 0 saturated heterocycles. The van der Waals surface area contributed by atoms with Crippen LogP contribution in [0.5, 0.6) is 5.75 Å². The van der Waals surface area contributed by atoms with Gasteiger partial charge < -0.3 is 4.74 Å². The number of benzene rings is 1. The third-order valence-electron chi connectivity index (χ3n) is 2.29. The Morgan fingerprint density at radius 1 is 1.32 bits per heavy atom. The molecule has 0 aliphatic heterocycles. The summed E-state index contributed by atoms with van der Waals surface area (Å²) in [6, 6.07) is 7.40. The van der Waals surface area contributed by atoms with Crippen molar-refractivity contribution < 1.29 is 14.5 Å². The second kappa shape index (κ2) is 5.94. The molecule has 0 saturated carbocycles. The quantitative estimate of drug-likeness (QED) is 0.472. The van der Waals surface area contributed by atoms with Crippen LogP contribution in [0.1, 0.15) is 9.67 Å². The van der Waals surface area contributed by atoms with Crippen molar-refractivity contribution in [2.75, 3.05) is 6.61 Å². The number of rotatable bonds is 5. The number of Topliss-reactive ketones (excluding diaryl/α,β-unsaturated/α-hetero) is 1. The van der Waals surface area contributed by atoms with Crippen LogP contribution in [0.3, 0.4) is 0 Å². The van der Waals surface area contributed by atoms with Gasteiger partial charge in [-0.3, -0.25) is 14.9 Å². The lowest BCUT2D eigenvalue weighted by atomic mass is 10.3. The molecule has 0 amide bonds. The summed E-state index contributed by atoms with van der Waals surface area (Å²) in [5, 5.41) is 12.3. The molecular formula is C12H8BrNO4S. The standard InChI is InChI=1S/C12H8BrNO4S/c13-10-5-6-19-12(10)11(15)7-18-9-3-1-8(2-4-9)14(16)17/h1-6H,7H2. The first-order valence-corrected chi connectivity index (χ1v) is 6.88. The van der Waals surface area contributed by atoms with Gasteiger partial charge in [0.2, 0.25) is 5.78 Å². The van der Waals surface area contributed by atoms with E-state index in [-0.39, 0.29) is 18.1 Å². The molecule has 2 rings (SSSR count). The Morgan fingerprint density at radius 3 is 2.53 bits per heavy atom. The summed E-state index contributed by atoms with van der Waals surface area (Å²) in [4.78, 5) is 22.4. The Morgan fingerprint density at radius 2 is 2.00 bits per heavy atom. The molecule has 0 aliphatic rings. The number of non-ortho nitro benzene ring substituents is 1. The van der Waals surface area contributed by atoms with Crippen LogP contribution in [0, 0.1) is 10.1 Å². The number of hydrogen-bond acceptors (Lipinski definition) is 5. The number of carbonyl (C=O) groups is 1. The fourth-order valence-electron chi connectivity index (χ4n) is 1.37. The van der Waals surface area contributed by atoms with Crippen LogP contribution >= 0.6 is 27.3 Å². The minimum atomic E-state index is -0.488. The molecule has 1 aromatic carbocycles. The zero-order chi connectivity index (χ0) is 13.8. The summed E-state index contributed by atoms with van der Waals surface area (Å²) in [5.41, 5.74) is -0.0142. The van der Waals surface area contributed by atoms with Crippen molar-refractivity contribution in [2.45, 2.75) is 0 Å². The largest absolute Gasteiger partial charge is 0.485 e. The van der Waals surface area contributed by atoms with Crippen LogP contribution in [0.15, 0.2) is 40.2 Å². The molecule has 0 bridgehead atoms. The fraction of sp³-hybridized carbons (Fsp3) is 0.0833. The number of halogens is 1. The van der Waals surface area contributed by atoms with Gasteiger partial charge in [-0.15, -0.1) is 11.3 Å². The van der Waals surface area contributed by atoms with E-state index in [1.54, 1.807) is 6.07 Å². The second-order valence-corrected chi connectivity index (χ2v) is 5.33. The van der Waals surface area contributed by atoms with Gasteiger partial charge >= 0.3 is 0 Å². The van der Waals surface area contributed by atoms with Gasteiger partial charge in [-0.25, -0.2) is 0 Å². The van der Waals surface area contributed by atoms with E-state index in [0.717, 1.165) is 4.47 Å². The van der Waals surface area contributed by atoms with Crippen LogP contribution in [-0.2, 0) is 0 Å². The molecule has 19 heavy (non-hydrogen) atoms. The molecule has 1 aromatic heterocycles. The van der Waals surface area contributed by atoms with Gasteiger partial charge in [0.15, 0.2) is 6.61 Å². The van der Waals surface area contributed by atoms with Gasteiger partial charge in [0.1, 0.15) is 5.75 Å².